The molecule has 88 valence electrons. The van der Waals surface area contributed by atoms with Crippen LogP contribution in [0.1, 0.15) is 18.5 Å². The standard InChI is InChI=1S/C11H13BrClNO2/c1-3-14-10(11(15)16-2)7-4-5-9(13)8(12)6-7/h4-6,10,14H,3H2,1-2H3. The van der Waals surface area contributed by atoms with Crippen molar-refractivity contribution in [3.05, 3.63) is 33.3 Å². The quantitative estimate of drug-likeness (QED) is 0.869. The molecule has 0 saturated heterocycles. The van der Waals surface area contributed by atoms with E-state index in [2.05, 4.69) is 21.2 Å². The molecule has 1 aromatic carbocycles. The Kier molecular flexibility index (Phi) is 5.25. The Morgan fingerprint density at radius 2 is 2.31 bits per heavy atom. The Labute approximate surface area is 108 Å². The van der Waals surface area contributed by atoms with E-state index in [-0.39, 0.29) is 5.97 Å². The molecule has 0 spiro atoms. The predicted molar refractivity (Wildman–Crippen MR) is 67.6 cm³/mol. The molecular weight excluding hydrogens is 293 g/mol. The Morgan fingerprint density at radius 3 is 2.81 bits per heavy atom. The van der Waals surface area contributed by atoms with Crippen LogP contribution in [0.5, 0.6) is 0 Å². The van der Waals surface area contributed by atoms with Crippen LogP contribution < -0.4 is 5.32 Å². The lowest BCUT2D eigenvalue weighted by Crippen LogP contribution is -2.29. The number of hydrogen-bond donors (Lipinski definition) is 1. The van der Waals surface area contributed by atoms with Gasteiger partial charge in [0.2, 0.25) is 0 Å². The zero-order valence-electron chi connectivity index (χ0n) is 9.09. The summed E-state index contributed by atoms with van der Waals surface area (Å²) in [5.74, 6) is -0.309. The zero-order valence-corrected chi connectivity index (χ0v) is 11.4. The summed E-state index contributed by atoms with van der Waals surface area (Å²) in [4.78, 5) is 11.6. The first-order chi connectivity index (χ1) is 7.60. The molecule has 0 aliphatic rings. The summed E-state index contributed by atoms with van der Waals surface area (Å²) in [7, 11) is 1.37. The maximum atomic E-state index is 11.6. The molecule has 1 atom stereocenters. The highest BCUT2D eigenvalue weighted by atomic mass is 79.9. The molecule has 1 unspecified atom stereocenters. The second-order valence-electron chi connectivity index (χ2n) is 3.19. The predicted octanol–water partition coefficient (Wildman–Crippen LogP) is 2.93. The van der Waals surface area contributed by atoms with Gasteiger partial charge in [-0.15, -0.1) is 0 Å². The lowest BCUT2D eigenvalue weighted by Gasteiger charge is -2.16. The summed E-state index contributed by atoms with van der Waals surface area (Å²) in [6, 6.07) is 4.90. The summed E-state index contributed by atoms with van der Waals surface area (Å²) >= 11 is 9.22. The molecule has 0 aromatic heterocycles. The molecule has 1 rings (SSSR count). The van der Waals surface area contributed by atoms with Crippen LogP contribution in [0.3, 0.4) is 0 Å². The number of benzene rings is 1. The minimum Gasteiger partial charge on any atom is -0.468 e. The van der Waals surface area contributed by atoms with Gasteiger partial charge in [-0.05, 0) is 40.2 Å². The Hall–Kier alpha value is -0.580. The average molecular weight is 307 g/mol. The van der Waals surface area contributed by atoms with Crippen molar-refractivity contribution in [3.63, 3.8) is 0 Å². The van der Waals surface area contributed by atoms with Crippen LogP contribution in [0.15, 0.2) is 22.7 Å². The number of carbonyl (C=O) groups excluding carboxylic acids is 1. The first-order valence-electron chi connectivity index (χ1n) is 4.86. The molecule has 0 bridgehead atoms. The van der Waals surface area contributed by atoms with Crippen molar-refractivity contribution >= 4 is 33.5 Å². The van der Waals surface area contributed by atoms with E-state index in [4.69, 9.17) is 16.3 Å². The number of likely N-dealkylation sites (N-methyl/N-ethyl adjacent to an activating group) is 1. The SMILES string of the molecule is CCNC(C(=O)OC)c1ccc(Cl)c(Br)c1. The smallest absolute Gasteiger partial charge is 0.327 e. The second kappa shape index (κ2) is 6.23. The first kappa shape index (κ1) is 13.5. The van der Waals surface area contributed by atoms with Crippen LogP contribution in [0.25, 0.3) is 0 Å². The summed E-state index contributed by atoms with van der Waals surface area (Å²) in [6.45, 7) is 2.61. The molecule has 0 radical (unpaired) electrons. The van der Waals surface area contributed by atoms with Crippen LogP contribution >= 0.6 is 27.5 Å². The topological polar surface area (TPSA) is 38.3 Å². The van der Waals surface area contributed by atoms with Gasteiger partial charge >= 0.3 is 5.97 Å². The van der Waals surface area contributed by atoms with Crippen LogP contribution in [-0.4, -0.2) is 19.6 Å². The second-order valence-corrected chi connectivity index (χ2v) is 4.45. The molecule has 0 heterocycles. The average Bonchev–Trinajstić information content (AvgIpc) is 2.29. The maximum Gasteiger partial charge on any atom is 0.327 e. The van der Waals surface area contributed by atoms with Crippen LogP contribution in [0.4, 0.5) is 0 Å². The van der Waals surface area contributed by atoms with Gasteiger partial charge in [0.05, 0.1) is 12.1 Å². The highest BCUT2D eigenvalue weighted by Gasteiger charge is 2.20. The molecule has 1 aromatic rings. The van der Waals surface area contributed by atoms with Crippen LogP contribution in [0.2, 0.25) is 5.02 Å². The molecular formula is C11H13BrClNO2. The van der Waals surface area contributed by atoms with Crippen LogP contribution in [0, 0.1) is 0 Å². The van der Waals surface area contributed by atoms with Crippen molar-refractivity contribution in [2.24, 2.45) is 0 Å². The lowest BCUT2D eigenvalue weighted by atomic mass is 10.1. The van der Waals surface area contributed by atoms with Gasteiger partial charge in [0.1, 0.15) is 6.04 Å². The molecule has 16 heavy (non-hydrogen) atoms. The highest BCUT2D eigenvalue weighted by molar-refractivity contribution is 9.10. The monoisotopic (exact) mass is 305 g/mol. The minimum atomic E-state index is -0.455. The summed E-state index contributed by atoms with van der Waals surface area (Å²) in [5.41, 5.74) is 0.824. The Balaban J connectivity index is 3.01. The zero-order chi connectivity index (χ0) is 12.1. The number of methoxy groups -OCH3 is 1. The molecule has 0 aliphatic carbocycles. The molecule has 1 N–H and O–H groups in total. The summed E-state index contributed by atoms with van der Waals surface area (Å²) < 4.78 is 5.50. The first-order valence-corrected chi connectivity index (χ1v) is 6.03. The summed E-state index contributed by atoms with van der Waals surface area (Å²) in [5, 5.41) is 3.67. The van der Waals surface area contributed by atoms with Crippen molar-refractivity contribution in [1.29, 1.82) is 0 Å². The minimum absolute atomic E-state index is 0.309. The van der Waals surface area contributed by atoms with Gasteiger partial charge in [-0.3, -0.25) is 0 Å². The normalized spacial score (nSPS) is 12.2. The number of halogens is 2. The van der Waals surface area contributed by atoms with Crippen molar-refractivity contribution in [3.8, 4) is 0 Å². The van der Waals surface area contributed by atoms with Gasteiger partial charge in [0.25, 0.3) is 0 Å². The van der Waals surface area contributed by atoms with Gasteiger partial charge in [-0.25, -0.2) is 4.79 Å². The Bertz CT molecular complexity index is 384. The van der Waals surface area contributed by atoms with Gasteiger partial charge in [0.15, 0.2) is 0 Å². The van der Waals surface area contributed by atoms with Gasteiger partial charge in [-0.2, -0.15) is 0 Å². The van der Waals surface area contributed by atoms with E-state index < -0.39 is 6.04 Å². The van der Waals surface area contributed by atoms with E-state index >= 15 is 0 Å². The van der Waals surface area contributed by atoms with Gasteiger partial charge in [-0.1, -0.05) is 24.6 Å². The van der Waals surface area contributed by atoms with E-state index in [1.807, 2.05) is 13.0 Å². The van der Waals surface area contributed by atoms with E-state index in [9.17, 15) is 4.79 Å². The third kappa shape index (κ3) is 3.20. The number of nitrogens with one attached hydrogen (secondary N) is 1. The number of hydrogen-bond acceptors (Lipinski definition) is 3. The molecule has 0 amide bonds. The fraction of sp³-hybridized carbons (Fsp3) is 0.364. The third-order valence-corrected chi connectivity index (χ3v) is 3.34. The summed E-state index contributed by atoms with van der Waals surface area (Å²) in [6.07, 6.45) is 0. The van der Waals surface area contributed by atoms with Gasteiger partial charge in [0, 0.05) is 4.47 Å². The molecule has 0 fully saturated rings. The molecule has 0 saturated carbocycles. The number of esters is 1. The van der Waals surface area contributed by atoms with Gasteiger partial charge < -0.3 is 10.1 Å². The van der Waals surface area contributed by atoms with E-state index in [1.165, 1.54) is 7.11 Å². The number of rotatable bonds is 4. The number of carbonyl (C=O) groups is 1. The van der Waals surface area contributed by atoms with Crippen LogP contribution in [-0.2, 0) is 9.53 Å². The van der Waals surface area contributed by atoms with Crippen molar-refractivity contribution in [1.82, 2.24) is 5.32 Å². The fourth-order valence-electron chi connectivity index (χ4n) is 1.35. The number of ether oxygens (including phenoxy) is 1. The third-order valence-electron chi connectivity index (χ3n) is 2.12. The van der Waals surface area contributed by atoms with E-state index in [1.54, 1.807) is 12.1 Å². The molecule has 5 heteroatoms. The maximum absolute atomic E-state index is 11.6. The molecule has 0 aliphatic heterocycles. The fourth-order valence-corrected chi connectivity index (χ4v) is 1.87. The van der Waals surface area contributed by atoms with Crippen molar-refractivity contribution in [2.75, 3.05) is 13.7 Å². The van der Waals surface area contributed by atoms with E-state index in [0.717, 1.165) is 10.0 Å². The van der Waals surface area contributed by atoms with Crippen molar-refractivity contribution < 1.29 is 9.53 Å². The highest BCUT2D eigenvalue weighted by Crippen LogP contribution is 2.26. The largest absolute Gasteiger partial charge is 0.468 e. The molecule has 3 nitrogen and oxygen atoms in total. The van der Waals surface area contributed by atoms with E-state index in [0.29, 0.717) is 11.6 Å². The lowest BCUT2D eigenvalue weighted by molar-refractivity contribution is -0.143. The van der Waals surface area contributed by atoms with Crippen molar-refractivity contribution in [2.45, 2.75) is 13.0 Å². The Morgan fingerprint density at radius 1 is 1.62 bits per heavy atom.